The number of aliphatic hydroxyl groups is 1. The number of rotatable bonds is 6. The van der Waals surface area contributed by atoms with Crippen LogP contribution < -0.4 is 14.4 Å². The molecule has 0 bridgehead atoms. The highest BCUT2D eigenvalue weighted by atomic mass is 32.1. The van der Waals surface area contributed by atoms with E-state index in [1.807, 2.05) is 0 Å². The first-order chi connectivity index (χ1) is 17.8. The van der Waals surface area contributed by atoms with Gasteiger partial charge in [0.1, 0.15) is 17.3 Å². The first-order valence-corrected chi connectivity index (χ1v) is 11.8. The van der Waals surface area contributed by atoms with Crippen molar-refractivity contribution >= 4 is 49.8 Å². The first kappa shape index (κ1) is 23.9. The zero-order valence-electron chi connectivity index (χ0n) is 19.6. The third kappa shape index (κ3) is 4.15. The molecule has 0 aliphatic carbocycles. The number of thiazole rings is 1. The molecule has 0 radical (unpaired) electrons. The van der Waals surface area contributed by atoms with Gasteiger partial charge in [0, 0.05) is 17.7 Å². The molecule has 2 heterocycles. The molecule has 1 aliphatic rings. The Morgan fingerprint density at radius 2 is 1.73 bits per heavy atom. The second kappa shape index (κ2) is 9.36. The summed E-state index contributed by atoms with van der Waals surface area (Å²) in [5.41, 5.74) is 0.716. The van der Waals surface area contributed by atoms with Gasteiger partial charge in [0.25, 0.3) is 11.5 Å². The Morgan fingerprint density at radius 3 is 2.41 bits per heavy atom. The number of amides is 1. The Kier molecular flexibility index (Phi) is 6.06. The predicted molar refractivity (Wildman–Crippen MR) is 137 cm³/mol. The number of hydrogen-bond donors (Lipinski definition) is 1. The minimum Gasteiger partial charge on any atom is -0.507 e. The van der Waals surface area contributed by atoms with Crippen LogP contribution in [0.25, 0.3) is 16.0 Å². The van der Waals surface area contributed by atoms with Crippen LogP contribution in [0.5, 0.6) is 11.5 Å². The minimum absolute atomic E-state index is 0.201. The number of fused-ring (bicyclic) bond motifs is 1. The molecule has 3 aromatic carbocycles. The predicted octanol–water partition coefficient (Wildman–Crippen LogP) is 4.85. The molecule has 1 fully saturated rings. The Morgan fingerprint density at radius 1 is 1.03 bits per heavy atom. The lowest BCUT2D eigenvalue weighted by atomic mass is 9.95. The van der Waals surface area contributed by atoms with Crippen molar-refractivity contribution < 1.29 is 29.1 Å². The van der Waals surface area contributed by atoms with Crippen molar-refractivity contribution in [2.24, 2.45) is 0 Å². The van der Waals surface area contributed by atoms with Crippen LogP contribution in [0.4, 0.5) is 10.8 Å². The van der Waals surface area contributed by atoms with Gasteiger partial charge in [-0.25, -0.2) is 4.98 Å². The van der Waals surface area contributed by atoms with Crippen molar-refractivity contribution in [1.29, 1.82) is 0 Å². The smallest absolute Gasteiger partial charge is 0.301 e. The van der Waals surface area contributed by atoms with Crippen molar-refractivity contribution in [1.82, 2.24) is 4.98 Å². The monoisotopic (exact) mass is 517 g/mol. The molecule has 1 aliphatic heterocycles. The molecule has 0 unspecified atom stereocenters. The molecule has 1 saturated heterocycles. The fourth-order valence-electron chi connectivity index (χ4n) is 4.18. The zero-order valence-corrected chi connectivity index (χ0v) is 20.4. The van der Waals surface area contributed by atoms with Crippen molar-refractivity contribution in [3.63, 3.8) is 0 Å². The van der Waals surface area contributed by atoms with E-state index in [-0.39, 0.29) is 27.5 Å². The van der Waals surface area contributed by atoms with Gasteiger partial charge in [-0.05, 0) is 48.0 Å². The second-order valence-electron chi connectivity index (χ2n) is 8.08. The number of hydrogen-bond acceptors (Lipinski definition) is 9. The average molecular weight is 518 g/mol. The number of carbonyl (C=O) groups excluding carboxylic acids is 2. The molecule has 1 N–H and O–H groups in total. The molecule has 5 rings (SSSR count). The standard InChI is InChI=1S/C26H19N3O7S/c1-35-17-8-6-14(7-9-17)23(30)21-22(15-4-3-5-16(12-15)29(33)34)28(25(32)24(21)31)26-27-19-11-10-18(36-2)13-20(19)37-26/h3-13,22,30H,1-2H3/t22-/m0/s1. The number of benzene rings is 3. The summed E-state index contributed by atoms with van der Waals surface area (Å²) in [5, 5.41) is 22.9. The molecule has 10 nitrogen and oxygen atoms in total. The van der Waals surface area contributed by atoms with E-state index in [1.54, 1.807) is 48.5 Å². The topological polar surface area (TPSA) is 132 Å². The van der Waals surface area contributed by atoms with E-state index in [4.69, 9.17) is 9.47 Å². The molecular formula is C26H19N3O7S. The van der Waals surface area contributed by atoms with Crippen molar-refractivity contribution in [2.45, 2.75) is 6.04 Å². The zero-order chi connectivity index (χ0) is 26.3. The molecule has 37 heavy (non-hydrogen) atoms. The summed E-state index contributed by atoms with van der Waals surface area (Å²) in [5.74, 6) is -1.11. The lowest BCUT2D eigenvalue weighted by Crippen LogP contribution is -2.29. The lowest BCUT2D eigenvalue weighted by molar-refractivity contribution is -0.384. The number of ether oxygens (including phenoxy) is 2. The van der Waals surface area contributed by atoms with Gasteiger partial charge in [-0.2, -0.15) is 0 Å². The number of nitro groups is 1. The number of carbonyl (C=O) groups is 2. The van der Waals surface area contributed by atoms with Gasteiger partial charge >= 0.3 is 5.91 Å². The van der Waals surface area contributed by atoms with Crippen LogP contribution >= 0.6 is 11.3 Å². The summed E-state index contributed by atoms with van der Waals surface area (Å²) in [6.07, 6.45) is 0. The van der Waals surface area contributed by atoms with E-state index in [0.717, 1.165) is 11.3 Å². The number of nitro benzene ring substituents is 1. The van der Waals surface area contributed by atoms with Crippen LogP contribution in [0.1, 0.15) is 17.2 Å². The van der Waals surface area contributed by atoms with Crippen LogP contribution in [0.3, 0.4) is 0 Å². The maximum Gasteiger partial charge on any atom is 0.301 e. The Bertz CT molecular complexity index is 1590. The van der Waals surface area contributed by atoms with Crippen molar-refractivity contribution in [2.75, 3.05) is 19.1 Å². The highest BCUT2D eigenvalue weighted by Crippen LogP contribution is 2.45. The summed E-state index contributed by atoms with van der Waals surface area (Å²) >= 11 is 1.16. The molecule has 0 spiro atoms. The molecule has 1 atom stereocenters. The average Bonchev–Trinajstić information content (AvgIpc) is 3.45. The van der Waals surface area contributed by atoms with Crippen molar-refractivity contribution in [3.05, 3.63) is 93.5 Å². The van der Waals surface area contributed by atoms with Crippen LogP contribution in [0.15, 0.2) is 72.3 Å². The molecule has 186 valence electrons. The molecule has 4 aromatic rings. The fraction of sp³-hybridized carbons (Fsp3) is 0.115. The Balaban J connectivity index is 1.72. The van der Waals surface area contributed by atoms with Gasteiger partial charge in [0.05, 0.1) is 41.0 Å². The number of anilines is 1. The summed E-state index contributed by atoms with van der Waals surface area (Å²) in [6.45, 7) is 0. The van der Waals surface area contributed by atoms with Crippen molar-refractivity contribution in [3.8, 4) is 11.5 Å². The third-order valence-electron chi connectivity index (χ3n) is 6.00. The van der Waals surface area contributed by atoms with E-state index in [9.17, 15) is 24.8 Å². The molecule has 11 heteroatoms. The molecule has 0 saturated carbocycles. The highest BCUT2D eigenvalue weighted by molar-refractivity contribution is 7.22. The number of ketones is 1. The first-order valence-electron chi connectivity index (χ1n) is 11.0. The van der Waals surface area contributed by atoms with Gasteiger partial charge in [-0.3, -0.25) is 24.6 Å². The Labute approximate surface area is 214 Å². The third-order valence-corrected chi connectivity index (χ3v) is 7.01. The Hall–Kier alpha value is -4.77. The minimum atomic E-state index is -1.15. The van der Waals surface area contributed by atoms with Gasteiger partial charge in [-0.15, -0.1) is 0 Å². The second-order valence-corrected chi connectivity index (χ2v) is 9.09. The molecular weight excluding hydrogens is 498 g/mol. The number of non-ortho nitro benzene ring substituents is 1. The largest absolute Gasteiger partial charge is 0.507 e. The van der Waals surface area contributed by atoms with E-state index in [2.05, 4.69) is 4.98 Å². The number of aliphatic hydroxyl groups excluding tert-OH is 1. The van der Waals surface area contributed by atoms with Crippen LogP contribution in [-0.4, -0.2) is 40.9 Å². The van der Waals surface area contributed by atoms with E-state index >= 15 is 0 Å². The van der Waals surface area contributed by atoms with E-state index in [1.165, 1.54) is 37.3 Å². The van der Waals surface area contributed by atoms with Gasteiger partial charge < -0.3 is 14.6 Å². The summed E-state index contributed by atoms with van der Waals surface area (Å²) in [7, 11) is 3.03. The van der Waals surface area contributed by atoms with Crippen LogP contribution in [0, 0.1) is 10.1 Å². The number of Topliss-reactive ketones (excluding diaryl/α,β-unsaturated/α-hetero) is 1. The maximum absolute atomic E-state index is 13.4. The number of nitrogens with zero attached hydrogens (tertiary/aromatic N) is 3. The van der Waals surface area contributed by atoms with E-state index < -0.39 is 28.4 Å². The van der Waals surface area contributed by atoms with Gasteiger partial charge in [-0.1, -0.05) is 23.5 Å². The summed E-state index contributed by atoms with van der Waals surface area (Å²) in [6, 6.07) is 16.0. The SMILES string of the molecule is COc1ccc(C(O)=C2C(=O)C(=O)N(c3nc4ccc(OC)cc4s3)[C@H]2c2cccc([N+](=O)[O-])c2)cc1. The van der Waals surface area contributed by atoms with Crippen LogP contribution in [-0.2, 0) is 9.59 Å². The normalized spacial score (nSPS) is 16.8. The maximum atomic E-state index is 13.4. The fourth-order valence-corrected chi connectivity index (χ4v) is 5.20. The molecule has 1 amide bonds. The number of methoxy groups -OCH3 is 2. The molecule has 1 aromatic heterocycles. The van der Waals surface area contributed by atoms with E-state index in [0.29, 0.717) is 21.7 Å². The quantitative estimate of drug-likeness (QED) is 0.126. The summed E-state index contributed by atoms with van der Waals surface area (Å²) < 4.78 is 11.1. The highest BCUT2D eigenvalue weighted by Gasteiger charge is 2.48. The summed E-state index contributed by atoms with van der Waals surface area (Å²) in [4.78, 5) is 43.3. The lowest BCUT2D eigenvalue weighted by Gasteiger charge is -2.22. The van der Waals surface area contributed by atoms with Gasteiger partial charge in [0.15, 0.2) is 5.13 Å². The van der Waals surface area contributed by atoms with Gasteiger partial charge in [0.2, 0.25) is 0 Å². The van der Waals surface area contributed by atoms with Crippen LogP contribution in [0.2, 0.25) is 0 Å². The number of aromatic nitrogens is 1.